The number of hydrogen-bond donors (Lipinski definition) is 2. The molecular weight excluding hydrogens is 442 g/mol. The molecule has 0 fully saturated rings. The van der Waals surface area contributed by atoms with Gasteiger partial charge in [-0.1, -0.05) is 29.8 Å². The van der Waals surface area contributed by atoms with Crippen LogP contribution in [0.15, 0.2) is 66.7 Å². The number of rotatable bonds is 6. The van der Waals surface area contributed by atoms with Gasteiger partial charge < -0.3 is 14.8 Å². The van der Waals surface area contributed by atoms with E-state index in [1.807, 2.05) is 73.7 Å². The lowest BCUT2D eigenvalue weighted by Gasteiger charge is -2.14. The first-order valence-electron chi connectivity index (χ1n) is 9.86. The zero-order valence-corrected chi connectivity index (χ0v) is 19.2. The summed E-state index contributed by atoms with van der Waals surface area (Å²) in [7, 11) is 1.58. The third-order valence-corrected chi connectivity index (χ3v) is 5.92. The summed E-state index contributed by atoms with van der Waals surface area (Å²) in [5.74, 6) is 0.863. The van der Waals surface area contributed by atoms with Gasteiger partial charge in [-0.05, 0) is 61.6 Å². The molecule has 162 valence electrons. The summed E-state index contributed by atoms with van der Waals surface area (Å²) in [4.78, 5) is 16.9. The monoisotopic (exact) mass is 463 g/mol. The highest BCUT2D eigenvalue weighted by Gasteiger charge is 2.12. The number of ether oxygens (including phenoxy) is 2. The summed E-state index contributed by atoms with van der Waals surface area (Å²) in [5, 5.41) is 6.71. The first-order valence-corrected chi connectivity index (χ1v) is 11.1. The van der Waals surface area contributed by atoms with E-state index < -0.39 is 0 Å². The van der Waals surface area contributed by atoms with Gasteiger partial charge in [0.1, 0.15) is 16.5 Å². The average molecular weight is 464 g/mol. The molecule has 0 radical (unpaired) electrons. The SMILES string of the molecule is COc1ccc(-c2nc3ccccc3s2)cc1NC(=S)NC(=O)COc1ccc(C)cc1. The highest BCUT2D eigenvalue weighted by atomic mass is 32.1. The highest BCUT2D eigenvalue weighted by Crippen LogP contribution is 2.34. The maximum absolute atomic E-state index is 12.2. The maximum Gasteiger partial charge on any atom is 0.264 e. The number of amides is 1. The van der Waals surface area contributed by atoms with Gasteiger partial charge in [0, 0.05) is 5.56 Å². The van der Waals surface area contributed by atoms with E-state index >= 15 is 0 Å². The van der Waals surface area contributed by atoms with E-state index in [2.05, 4.69) is 10.6 Å². The third kappa shape index (κ3) is 5.22. The summed E-state index contributed by atoms with van der Waals surface area (Å²) < 4.78 is 12.0. The molecule has 0 bridgehead atoms. The van der Waals surface area contributed by atoms with Gasteiger partial charge in [0.05, 0.1) is 23.0 Å². The third-order valence-electron chi connectivity index (χ3n) is 4.63. The van der Waals surface area contributed by atoms with Crippen molar-refractivity contribution in [1.29, 1.82) is 0 Å². The minimum Gasteiger partial charge on any atom is -0.495 e. The Hall–Kier alpha value is -3.49. The van der Waals surface area contributed by atoms with E-state index in [1.54, 1.807) is 18.4 Å². The summed E-state index contributed by atoms with van der Waals surface area (Å²) in [6, 6.07) is 21.2. The molecule has 4 rings (SSSR count). The van der Waals surface area contributed by atoms with Crippen molar-refractivity contribution in [3.8, 4) is 22.1 Å². The largest absolute Gasteiger partial charge is 0.495 e. The zero-order chi connectivity index (χ0) is 22.5. The van der Waals surface area contributed by atoms with Crippen LogP contribution >= 0.6 is 23.6 Å². The minimum absolute atomic E-state index is 0.145. The molecule has 8 heteroatoms. The molecule has 0 saturated heterocycles. The van der Waals surface area contributed by atoms with Crippen molar-refractivity contribution in [1.82, 2.24) is 10.3 Å². The summed E-state index contributed by atoms with van der Waals surface area (Å²) in [6.07, 6.45) is 0. The number of carbonyl (C=O) groups excluding carboxylic acids is 1. The van der Waals surface area contributed by atoms with Gasteiger partial charge >= 0.3 is 0 Å². The number of aromatic nitrogens is 1. The molecule has 6 nitrogen and oxygen atoms in total. The van der Waals surface area contributed by atoms with E-state index in [-0.39, 0.29) is 17.6 Å². The van der Waals surface area contributed by atoms with Crippen molar-refractivity contribution in [3.63, 3.8) is 0 Å². The zero-order valence-electron chi connectivity index (χ0n) is 17.5. The van der Waals surface area contributed by atoms with Crippen molar-refractivity contribution >= 4 is 50.5 Å². The maximum atomic E-state index is 12.2. The second-order valence-corrected chi connectivity index (χ2v) is 8.44. The lowest BCUT2D eigenvalue weighted by atomic mass is 10.2. The Bertz CT molecular complexity index is 1240. The fourth-order valence-corrected chi connectivity index (χ4v) is 4.22. The normalized spacial score (nSPS) is 10.6. The van der Waals surface area contributed by atoms with E-state index in [1.165, 1.54) is 0 Å². The number of aryl methyl sites for hydroxylation is 1. The minimum atomic E-state index is -0.357. The molecule has 1 heterocycles. The number of methoxy groups -OCH3 is 1. The number of benzene rings is 3. The fraction of sp³-hybridized carbons (Fsp3) is 0.125. The van der Waals surface area contributed by atoms with Crippen molar-refractivity contribution < 1.29 is 14.3 Å². The average Bonchev–Trinajstić information content (AvgIpc) is 3.23. The number of fused-ring (bicyclic) bond motifs is 1. The number of para-hydroxylation sites is 1. The molecule has 0 unspecified atom stereocenters. The van der Waals surface area contributed by atoms with E-state index in [0.29, 0.717) is 17.2 Å². The smallest absolute Gasteiger partial charge is 0.264 e. The molecule has 0 aliphatic heterocycles. The Morgan fingerprint density at radius 2 is 1.88 bits per heavy atom. The molecule has 1 amide bonds. The molecule has 0 spiro atoms. The number of hydrogen-bond acceptors (Lipinski definition) is 6. The first-order chi connectivity index (χ1) is 15.5. The van der Waals surface area contributed by atoms with E-state index in [9.17, 15) is 4.79 Å². The van der Waals surface area contributed by atoms with Gasteiger partial charge in [0.2, 0.25) is 0 Å². The summed E-state index contributed by atoms with van der Waals surface area (Å²) >= 11 is 6.92. The number of thiocarbonyl (C=S) groups is 1. The molecule has 0 saturated carbocycles. The number of anilines is 1. The highest BCUT2D eigenvalue weighted by molar-refractivity contribution is 7.80. The number of nitrogens with one attached hydrogen (secondary N) is 2. The molecule has 32 heavy (non-hydrogen) atoms. The van der Waals surface area contributed by atoms with Gasteiger partial charge in [-0.25, -0.2) is 4.98 Å². The van der Waals surface area contributed by atoms with Gasteiger partial charge in [0.25, 0.3) is 5.91 Å². The lowest BCUT2D eigenvalue weighted by Crippen LogP contribution is -2.37. The quantitative estimate of drug-likeness (QED) is 0.384. The number of carbonyl (C=O) groups is 1. The van der Waals surface area contributed by atoms with Crippen molar-refractivity contribution in [2.24, 2.45) is 0 Å². The van der Waals surface area contributed by atoms with E-state index in [4.69, 9.17) is 26.7 Å². The molecule has 2 N–H and O–H groups in total. The molecule has 0 aliphatic carbocycles. The fourth-order valence-electron chi connectivity index (χ4n) is 3.03. The Balaban J connectivity index is 1.43. The Labute approximate surface area is 195 Å². The van der Waals surface area contributed by atoms with Crippen LogP contribution in [0.5, 0.6) is 11.5 Å². The number of nitrogens with zero attached hydrogens (tertiary/aromatic N) is 1. The second kappa shape index (κ2) is 9.76. The molecule has 0 atom stereocenters. The first kappa shape index (κ1) is 21.7. The van der Waals surface area contributed by atoms with Gasteiger partial charge in [0.15, 0.2) is 11.7 Å². The Morgan fingerprint density at radius 3 is 2.62 bits per heavy atom. The van der Waals surface area contributed by atoms with Crippen LogP contribution in [-0.2, 0) is 4.79 Å². The van der Waals surface area contributed by atoms with E-state index in [0.717, 1.165) is 26.4 Å². The van der Waals surface area contributed by atoms with Crippen LogP contribution in [0.4, 0.5) is 5.69 Å². The van der Waals surface area contributed by atoms with Gasteiger partial charge in [-0.2, -0.15) is 0 Å². The number of thiazole rings is 1. The Kier molecular flexibility index (Phi) is 6.63. The molecule has 4 aromatic rings. The summed E-state index contributed by atoms with van der Waals surface area (Å²) in [5.41, 5.74) is 3.63. The topological polar surface area (TPSA) is 72.5 Å². The molecule has 1 aromatic heterocycles. The summed E-state index contributed by atoms with van der Waals surface area (Å²) in [6.45, 7) is 1.84. The van der Waals surface area contributed by atoms with Crippen LogP contribution in [-0.4, -0.2) is 29.7 Å². The Morgan fingerprint density at radius 1 is 1.09 bits per heavy atom. The standard InChI is InChI=1S/C24H21N3O3S2/c1-15-7-10-17(11-8-15)30-14-22(28)27-24(31)26-19-13-16(9-12-20(19)29-2)23-25-18-5-3-4-6-21(18)32-23/h3-13H,14H2,1-2H3,(H2,26,27,28,31). The predicted octanol–water partition coefficient (Wildman–Crippen LogP) is 5.17. The van der Waals surface area contributed by atoms with Crippen LogP contribution in [0.2, 0.25) is 0 Å². The van der Waals surface area contributed by atoms with Crippen LogP contribution in [0, 0.1) is 6.92 Å². The van der Waals surface area contributed by atoms with Gasteiger partial charge in [-0.15, -0.1) is 11.3 Å². The van der Waals surface area contributed by atoms with Crippen molar-refractivity contribution in [2.45, 2.75) is 6.92 Å². The second-order valence-electron chi connectivity index (χ2n) is 7.01. The molecule has 0 aliphatic rings. The van der Waals surface area contributed by atoms with Crippen molar-refractivity contribution in [2.75, 3.05) is 19.0 Å². The molecular formula is C24H21N3O3S2. The van der Waals surface area contributed by atoms with Crippen LogP contribution in [0.1, 0.15) is 5.56 Å². The molecule has 3 aromatic carbocycles. The predicted molar refractivity (Wildman–Crippen MR) is 133 cm³/mol. The van der Waals surface area contributed by atoms with Crippen LogP contribution in [0.25, 0.3) is 20.8 Å². The van der Waals surface area contributed by atoms with Gasteiger partial charge in [-0.3, -0.25) is 10.1 Å². The van der Waals surface area contributed by atoms with Crippen molar-refractivity contribution in [3.05, 3.63) is 72.3 Å². The van der Waals surface area contributed by atoms with Crippen LogP contribution in [0.3, 0.4) is 0 Å². The van der Waals surface area contributed by atoms with Crippen LogP contribution < -0.4 is 20.1 Å². The lowest BCUT2D eigenvalue weighted by molar-refractivity contribution is -0.121.